The van der Waals surface area contributed by atoms with Gasteiger partial charge < -0.3 is 0 Å². The molecular weight excluding hydrogens is 210 g/mol. The van der Waals surface area contributed by atoms with Gasteiger partial charge in [-0.15, -0.1) is 10.2 Å². The first-order valence-corrected chi connectivity index (χ1v) is 5.67. The Balaban J connectivity index is 2.01. The van der Waals surface area contributed by atoms with Crippen molar-refractivity contribution in [2.45, 2.75) is 13.3 Å². The molecule has 0 amide bonds. The lowest BCUT2D eigenvalue weighted by Crippen LogP contribution is -1.96. The van der Waals surface area contributed by atoms with E-state index in [4.69, 9.17) is 0 Å². The van der Waals surface area contributed by atoms with E-state index in [1.54, 1.807) is 0 Å². The van der Waals surface area contributed by atoms with E-state index in [-0.39, 0.29) is 0 Å². The maximum Gasteiger partial charge on any atom is 0.161 e. The average molecular weight is 223 g/mol. The van der Waals surface area contributed by atoms with Gasteiger partial charge in [0.25, 0.3) is 0 Å². The quantitative estimate of drug-likeness (QED) is 0.668. The fourth-order valence-electron chi connectivity index (χ4n) is 1.94. The van der Waals surface area contributed by atoms with E-state index < -0.39 is 0 Å². The summed E-state index contributed by atoms with van der Waals surface area (Å²) >= 11 is 0. The first-order valence-electron chi connectivity index (χ1n) is 5.67. The van der Waals surface area contributed by atoms with E-state index in [2.05, 4.69) is 35.3 Å². The fourth-order valence-corrected chi connectivity index (χ4v) is 1.94. The van der Waals surface area contributed by atoms with E-state index >= 15 is 0 Å². The molecule has 0 saturated heterocycles. The summed E-state index contributed by atoms with van der Waals surface area (Å²) in [6.45, 7) is 2.06. The molecule has 0 atom stereocenters. The van der Waals surface area contributed by atoms with Crippen molar-refractivity contribution in [3.8, 4) is 0 Å². The lowest BCUT2D eigenvalue weighted by atomic mass is 10.1. The Bertz CT molecular complexity index is 641. The SMILES string of the molecule is Cc1ccn2c(Cc3ccccc3)nnc2c1. The number of fused-ring (bicyclic) bond motifs is 1. The zero-order valence-corrected chi connectivity index (χ0v) is 9.67. The normalized spacial score (nSPS) is 10.9. The predicted molar refractivity (Wildman–Crippen MR) is 67.0 cm³/mol. The molecular formula is C14H13N3. The maximum absolute atomic E-state index is 4.24. The largest absolute Gasteiger partial charge is 0.286 e. The molecule has 2 heterocycles. The van der Waals surface area contributed by atoms with Crippen molar-refractivity contribution >= 4 is 5.65 Å². The van der Waals surface area contributed by atoms with E-state index in [0.717, 1.165) is 17.9 Å². The van der Waals surface area contributed by atoms with Crippen LogP contribution in [0.15, 0.2) is 48.7 Å². The monoisotopic (exact) mass is 223 g/mol. The van der Waals surface area contributed by atoms with Gasteiger partial charge in [-0.05, 0) is 30.2 Å². The van der Waals surface area contributed by atoms with Crippen molar-refractivity contribution in [2.75, 3.05) is 0 Å². The van der Waals surface area contributed by atoms with E-state index in [1.807, 2.05) is 34.9 Å². The molecule has 0 unspecified atom stereocenters. The number of aromatic nitrogens is 3. The van der Waals surface area contributed by atoms with E-state index in [1.165, 1.54) is 11.1 Å². The summed E-state index contributed by atoms with van der Waals surface area (Å²) in [5, 5.41) is 8.43. The summed E-state index contributed by atoms with van der Waals surface area (Å²) < 4.78 is 2.04. The van der Waals surface area contributed by atoms with E-state index in [9.17, 15) is 0 Å². The molecule has 0 aliphatic heterocycles. The van der Waals surface area contributed by atoms with Gasteiger partial charge in [0.05, 0.1) is 0 Å². The highest BCUT2D eigenvalue weighted by Gasteiger charge is 2.05. The number of rotatable bonds is 2. The van der Waals surface area contributed by atoms with Crippen LogP contribution in [0.3, 0.4) is 0 Å². The lowest BCUT2D eigenvalue weighted by molar-refractivity contribution is 0.934. The van der Waals surface area contributed by atoms with Gasteiger partial charge in [0.15, 0.2) is 5.65 Å². The minimum Gasteiger partial charge on any atom is -0.286 e. The highest BCUT2D eigenvalue weighted by molar-refractivity contribution is 5.41. The smallest absolute Gasteiger partial charge is 0.161 e. The van der Waals surface area contributed by atoms with Crippen LogP contribution in [0.25, 0.3) is 5.65 Å². The molecule has 84 valence electrons. The molecule has 0 fully saturated rings. The van der Waals surface area contributed by atoms with Crippen LogP contribution in [0.2, 0.25) is 0 Å². The second-order valence-corrected chi connectivity index (χ2v) is 4.21. The van der Waals surface area contributed by atoms with Crippen molar-refractivity contribution in [1.82, 2.24) is 14.6 Å². The Labute approximate surface area is 99.7 Å². The number of aryl methyl sites for hydroxylation is 1. The Hall–Kier alpha value is -2.16. The average Bonchev–Trinajstić information content (AvgIpc) is 2.73. The number of nitrogens with zero attached hydrogens (tertiary/aromatic N) is 3. The number of pyridine rings is 1. The molecule has 0 saturated carbocycles. The third-order valence-corrected chi connectivity index (χ3v) is 2.84. The van der Waals surface area contributed by atoms with Crippen LogP contribution in [-0.2, 0) is 6.42 Å². The molecule has 0 aliphatic carbocycles. The van der Waals surface area contributed by atoms with Crippen molar-refractivity contribution < 1.29 is 0 Å². The maximum atomic E-state index is 4.24. The van der Waals surface area contributed by atoms with Gasteiger partial charge in [0.2, 0.25) is 0 Å². The van der Waals surface area contributed by atoms with Crippen LogP contribution >= 0.6 is 0 Å². The second-order valence-electron chi connectivity index (χ2n) is 4.21. The minimum atomic E-state index is 0.811. The lowest BCUT2D eigenvalue weighted by Gasteiger charge is -2.00. The van der Waals surface area contributed by atoms with Gasteiger partial charge in [-0.25, -0.2) is 0 Å². The van der Waals surface area contributed by atoms with Crippen LogP contribution < -0.4 is 0 Å². The summed E-state index contributed by atoms with van der Waals surface area (Å²) in [7, 11) is 0. The van der Waals surface area contributed by atoms with Gasteiger partial charge in [0.1, 0.15) is 5.82 Å². The van der Waals surface area contributed by atoms with Crippen LogP contribution in [0.4, 0.5) is 0 Å². The summed E-state index contributed by atoms with van der Waals surface area (Å²) in [5.74, 6) is 0.978. The third kappa shape index (κ3) is 1.91. The van der Waals surface area contributed by atoms with Crippen LogP contribution in [0.5, 0.6) is 0 Å². The summed E-state index contributed by atoms with van der Waals surface area (Å²) in [6, 6.07) is 14.4. The zero-order chi connectivity index (χ0) is 11.7. The number of hydrogen-bond donors (Lipinski definition) is 0. The first-order chi connectivity index (χ1) is 8.33. The first kappa shape index (κ1) is 10.0. The molecule has 17 heavy (non-hydrogen) atoms. The molecule has 3 nitrogen and oxygen atoms in total. The molecule has 0 N–H and O–H groups in total. The molecule has 0 radical (unpaired) electrons. The highest BCUT2D eigenvalue weighted by atomic mass is 15.2. The summed E-state index contributed by atoms with van der Waals surface area (Å²) in [6.07, 6.45) is 2.84. The topological polar surface area (TPSA) is 30.2 Å². The van der Waals surface area contributed by atoms with Crippen LogP contribution in [-0.4, -0.2) is 14.6 Å². The molecule has 3 aromatic rings. The molecule has 0 bridgehead atoms. The fraction of sp³-hybridized carbons (Fsp3) is 0.143. The van der Waals surface area contributed by atoms with Gasteiger partial charge in [-0.1, -0.05) is 30.3 Å². The van der Waals surface area contributed by atoms with Gasteiger partial charge in [-0.3, -0.25) is 4.40 Å². The molecule has 0 spiro atoms. The predicted octanol–water partition coefficient (Wildman–Crippen LogP) is 2.63. The zero-order valence-electron chi connectivity index (χ0n) is 9.67. The van der Waals surface area contributed by atoms with Gasteiger partial charge in [-0.2, -0.15) is 0 Å². The van der Waals surface area contributed by atoms with Gasteiger partial charge >= 0.3 is 0 Å². The Morgan fingerprint density at radius 2 is 1.88 bits per heavy atom. The molecule has 1 aromatic carbocycles. The third-order valence-electron chi connectivity index (χ3n) is 2.84. The molecule has 3 rings (SSSR count). The van der Waals surface area contributed by atoms with Crippen LogP contribution in [0.1, 0.15) is 17.0 Å². The minimum absolute atomic E-state index is 0.811. The standard InChI is InChI=1S/C14H13N3/c1-11-7-8-17-13(9-11)15-16-14(17)10-12-5-3-2-4-6-12/h2-9H,10H2,1H3. The Kier molecular flexibility index (Phi) is 2.37. The molecule has 2 aromatic heterocycles. The number of benzene rings is 1. The van der Waals surface area contributed by atoms with Crippen molar-refractivity contribution in [3.63, 3.8) is 0 Å². The highest BCUT2D eigenvalue weighted by Crippen LogP contribution is 2.10. The summed E-state index contributed by atoms with van der Waals surface area (Å²) in [5.41, 5.74) is 3.37. The Morgan fingerprint density at radius 1 is 1.06 bits per heavy atom. The van der Waals surface area contributed by atoms with E-state index in [0.29, 0.717) is 0 Å². The van der Waals surface area contributed by atoms with Crippen molar-refractivity contribution in [3.05, 3.63) is 65.6 Å². The van der Waals surface area contributed by atoms with Gasteiger partial charge in [0, 0.05) is 12.6 Å². The number of hydrogen-bond acceptors (Lipinski definition) is 2. The van der Waals surface area contributed by atoms with Crippen molar-refractivity contribution in [1.29, 1.82) is 0 Å². The molecule has 3 heteroatoms. The van der Waals surface area contributed by atoms with Crippen molar-refractivity contribution in [2.24, 2.45) is 0 Å². The Morgan fingerprint density at radius 3 is 2.71 bits per heavy atom. The summed E-state index contributed by atoms with van der Waals surface area (Å²) in [4.78, 5) is 0. The molecule has 0 aliphatic rings. The second kappa shape index (κ2) is 4.01. The van der Waals surface area contributed by atoms with Crippen LogP contribution in [0, 0.1) is 6.92 Å².